The number of benzene rings is 3. The monoisotopic (exact) mass is 595 g/mol. The van der Waals surface area contributed by atoms with Crippen LogP contribution in [0.5, 0.6) is 5.75 Å². The van der Waals surface area contributed by atoms with Crippen LogP contribution in [0.4, 0.5) is 5.69 Å². The van der Waals surface area contributed by atoms with Crippen LogP contribution in [0.2, 0.25) is 0 Å². The van der Waals surface area contributed by atoms with E-state index in [1.54, 1.807) is 18.6 Å². The Morgan fingerprint density at radius 3 is 2.51 bits per heavy atom. The molecule has 1 unspecified atom stereocenters. The molecule has 1 saturated heterocycles. The smallest absolute Gasteiger partial charge is 0.338 e. The first-order valence-electron chi connectivity index (χ1n) is 14.3. The first kappa shape index (κ1) is 28.6. The van der Waals surface area contributed by atoms with E-state index in [2.05, 4.69) is 4.90 Å². The van der Waals surface area contributed by atoms with Crippen LogP contribution in [0.15, 0.2) is 88.2 Å². The molecule has 1 fully saturated rings. The minimum Gasteiger partial charge on any atom is -0.496 e. The highest BCUT2D eigenvalue weighted by Gasteiger charge is 2.35. The van der Waals surface area contributed by atoms with E-state index in [1.165, 1.54) is 11.3 Å². The number of methoxy groups -OCH3 is 1. The Bertz CT molecular complexity index is 1850. The fraction of sp³-hybridized carbons (Fsp3) is 0.265. The van der Waals surface area contributed by atoms with Crippen LogP contribution in [0, 0.1) is 6.92 Å². The van der Waals surface area contributed by atoms with Gasteiger partial charge < -0.3 is 19.1 Å². The zero-order valence-electron chi connectivity index (χ0n) is 24.4. The summed E-state index contributed by atoms with van der Waals surface area (Å²) in [7, 11) is 1.63. The van der Waals surface area contributed by atoms with Crippen LogP contribution in [0.25, 0.3) is 11.8 Å². The normalized spacial score (nSPS) is 17.0. The number of thiazole rings is 1. The Morgan fingerprint density at radius 1 is 1.07 bits per heavy atom. The molecule has 0 spiro atoms. The molecule has 0 aliphatic carbocycles. The molecule has 0 bridgehead atoms. The molecule has 2 aliphatic rings. The highest BCUT2D eigenvalue weighted by molar-refractivity contribution is 7.07. The van der Waals surface area contributed by atoms with E-state index >= 15 is 0 Å². The molecule has 2 aliphatic heterocycles. The zero-order valence-corrected chi connectivity index (χ0v) is 25.2. The van der Waals surface area contributed by atoms with Gasteiger partial charge >= 0.3 is 5.97 Å². The summed E-state index contributed by atoms with van der Waals surface area (Å²) in [5.74, 6) is 0.174. The minimum atomic E-state index is -0.709. The van der Waals surface area contributed by atoms with Gasteiger partial charge in [-0.3, -0.25) is 9.36 Å². The first-order valence-corrected chi connectivity index (χ1v) is 15.2. The molecule has 3 heterocycles. The van der Waals surface area contributed by atoms with Crippen LogP contribution >= 0.6 is 11.3 Å². The van der Waals surface area contributed by atoms with Crippen molar-refractivity contribution in [2.45, 2.75) is 19.9 Å². The van der Waals surface area contributed by atoms with Crippen molar-refractivity contribution in [3.8, 4) is 5.75 Å². The number of esters is 1. The van der Waals surface area contributed by atoms with Crippen molar-refractivity contribution < 1.29 is 19.0 Å². The number of fused-ring (bicyclic) bond motifs is 1. The Labute approximate surface area is 253 Å². The Kier molecular flexibility index (Phi) is 8.26. The topological polar surface area (TPSA) is 82.4 Å². The lowest BCUT2D eigenvalue weighted by Crippen LogP contribution is -2.40. The van der Waals surface area contributed by atoms with Crippen molar-refractivity contribution in [3.05, 3.63) is 120 Å². The van der Waals surface area contributed by atoms with Gasteiger partial charge in [0.05, 0.1) is 48.8 Å². The molecule has 0 N–H and O–H groups in total. The summed E-state index contributed by atoms with van der Waals surface area (Å²) in [4.78, 5) is 35.5. The summed E-state index contributed by atoms with van der Waals surface area (Å²) < 4.78 is 18.9. The van der Waals surface area contributed by atoms with Gasteiger partial charge in [0, 0.05) is 36.0 Å². The minimum absolute atomic E-state index is 0.204. The van der Waals surface area contributed by atoms with E-state index in [0.29, 0.717) is 39.6 Å². The molecular weight excluding hydrogens is 562 g/mol. The van der Waals surface area contributed by atoms with Gasteiger partial charge in [0.15, 0.2) is 4.80 Å². The second kappa shape index (κ2) is 12.4. The third kappa shape index (κ3) is 5.66. The second-order valence-corrected chi connectivity index (χ2v) is 11.4. The quantitative estimate of drug-likeness (QED) is 0.300. The van der Waals surface area contributed by atoms with Gasteiger partial charge in [-0.1, -0.05) is 71.5 Å². The molecule has 220 valence electrons. The van der Waals surface area contributed by atoms with Gasteiger partial charge in [-0.15, -0.1) is 0 Å². The third-order valence-electron chi connectivity index (χ3n) is 7.65. The van der Waals surface area contributed by atoms with E-state index in [9.17, 15) is 9.59 Å². The summed E-state index contributed by atoms with van der Waals surface area (Å²) >= 11 is 1.29. The molecule has 1 aromatic heterocycles. The van der Waals surface area contributed by atoms with Crippen LogP contribution in [-0.4, -0.2) is 50.6 Å². The number of hydrogen-bond donors (Lipinski definition) is 0. The van der Waals surface area contributed by atoms with Gasteiger partial charge in [0.25, 0.3) is 5.56 Å². The summed E-state index contributed by atoms with van der Waals surface area (Å²) in [5.41, 5.74) is 5.09. The Morgan fingerprint density at radius 2 is 1.81 bits per heavy atom. The van der Waals surface area contributed by atoms with Crippen molar-refractivity contribution >= 4 is 34.8 Å². The van der Waals surface area contributed by atoms with E-state index in [4.69, 9.17) is 19.2 Å². The second-order valence-electron chi connectivity index (χ2n) is 10.4. The number of hydrogen-bond acceptors (Lipinski definition) is 8. The van der Waals surface area contributed by atoms with Gasteiger partial charge in [-0.05, 0) is 37.6 Å². The molecule has 0 saturated carbocycles. The van der Waals surface area contributed by atoms with Crippen molar-refractivity contribution in [3.63, 3.8) is 0 Å². The molecule has 6 rings (SSSR count). The number of aryl methyl sites for hydroxylation is 1. The Balaban J connectivity index is 1.55. The van der Waals surface area contributed by atoms with Gasteiger partial charge in [-0.25, -0.2) is 9.79 Å². The van der Waals surface area contributed by atoms with E-state index in [0.717, 1.165) is 41.0 Å². The molecule has 8 nitrogen and oxygen atoms in total. The van der Waals surface area contributed by atoms with E-state index in [1.807, 2.05) is 85.8 Å². The lowest BCUT2D eigenvalue weighted by Gasteiger charge is -2.29. The largest absolute Gasteiger partial charge is 0.496 e. The lowest BCUT2D eigenvalue weighted by atomic mass is 9.92. The number of aromatic nitrogens is 1. The predicted octanol–water partition coefficient (Wildman–Crippen LogP) is 4.09. The number of morpholine rings is 1. The zero-order chi connectivity index (χ0) is 29.9. The van der Waals surface area contributed by atoms with Crippen LogP contribution in [-0.2, 0) is 14.3 Å². The summed E-state index contributed by atoms with van der Waals surface area (Å²) in [6.07, 6.45) is 1.84. The summed E-state index contributed by atoms with van der Waals surface area (Å²) in [5, 5.41) is 0. The van der Waals surface area contributed by atoms with Crippen molar-refractivity contribution in [2.75, 3.05) is 44.9 Å². The number of ether oxygens (including phenoxy) is 3. The maximum absolute atomic E-state index is 14.2. The molecular formula is C34H33N3O5S. The fourth-order valence-corrected chi connectivity index (χ4v) is 6.47. The maximum Gasteiger partial charge on any atom is 0.338 e. The van der Waals surface area contributed by atoms with Crippen LogP contribution in [0.3, 0.4) is 0 Å². The number of carbonyl (C=O) groups excluding carboxylic acids is 1. The maximum atomic E-state index is 14.2. The standard InChI is InChI=1S/C34H33N3O5S/c1-4-42-33(39)29-30(23-8-6-5-7-9-23)35-34-37(31(29)24-12-10-22(2)11-13-24)32(38)28(43-34)20-25-14-15-26(21-27(25)40-3)36-16-18-41-19-17-36/h5-15,20-21,31H,4,16-19H2,1-3H3. The van der Waals surface area contributed by atoms with Crippen molar-refractivity contribution in [1.29, 1.82) is 0 Å². The fourth-order valence-electron chi connectivity index (χ4n) is 5.48. The molecule has 0 amide bonds. The number of anilines is 1. The van der Waals surface area contributed by atoms with Crippen LogP contribution < -0.4 is 24.5 Å². The molecule has 3 aromatic carbocycles. The number of rotatable bonds is 7. The lowest BCUT2D eigenvalue weighted by molar-refractivity contribution is -0.138. The van der Waals surface area contributed by atoms with Crippen molar-refractivity contribution in [1.82, 2.24) is 4.57 Å². The SMILES string of the molecule is CCOC(=O)C1=C(c2ccccc2)N=c2sc(=Cc3ccc(N4CCOCC4)cc3OC)c(=O)n2C1c1ccc(C)cc1. The molecule has 1 atom stereocenters. The highest BCUT2D eigenvalue weighted by Crippen LogP contribution is 2.35. The molecule has 43 heavy (non-hydrogen) atoms. The molecule has 0 radical (unpaired) electrons. The third-order valence-corrected chi connectivity index (χ3v) is 8.63. The Hall–Kier alpha value is -4.47. The van der Waals surface area contributed by atoms with Gasteiger partial charge in [-0.2, -0.15) is 0 Å². The number of nitrogens with zero attached hydrogens (tertiary/aromatic N) is 3. The average molecular weight is 596 g/mol. The summed E-state index contributed by atoms with van der Waals surface area (Å²) in [6, 6.07) is 22.7. The first-order chi connectivity index (χ1) is 21.0. The van der Waals surface area contributed by atoms with E-state index < -0.39 is 12.0 Å². The van der Waals surface area contributed by atoms with Crippen LogP contribution in [0.1, 0.15) is 35.2 Å². The van der Waals surface area contributed by atoms with Gasteiger partial charge in [0.1, 0.15) is 5.75 Å². The van der Waals surface area contributed by atoms with E-state index in [-0.39, 0.29) is 12.2 Å². The molecule has 9 heteroatoms. The van der Waals surface area contributed by atoms with Crippen molar-refractivity contribution in [2.24, 2.45) is 4.99 Å². The predicted molar refractivity (Wildman–Crippen MR) is 168 cm³/mol. The highest BCUT2D eigenvalue weighted by atomic mass is 32.1. The number of carbonyl (C=O) groups is 1. The average Bonchev–Trinajstić information content (AvgIpc) is 3.36. The molecule has 4 aromatic rings. The summed E-state index contributed by atoms with van der Waals surface area (Å²) in [6.45, 7) is 6.98. The van der Waals surface area contributed by atoms with Gasteiger partial charge in [0.2, 0.25) is 0 Å².